The first-order valence-corrected chi connectivity index (χ1v) is 8.38. The highest BCUT2D eigenvalue weighted by Gasteiger charge is 2.55. The van der Waals surface area contributed by atoms with Crippen LogP contribution in [-0.2, 0) is 4.79 Å². The van der Waals surface area contributed by atoms with Crippen molar-refractivity contribution in [2.75, 3.05) is 0 Å². The quantitative estimate of drug-likeness (QED) is 0.708. The molecule has 4 aliphatic carbocycles. The van der Waals surface area contributed by atoms with Gasteiger partial charge in [-0.3, -0.25) is 4.79 Å². The van der Waals surface area contributed by atoms with Crippen LogP contribution in [-0.4, -0.2) is 5.78 Å². The third-order valence-electron chi connectivity index (χ3n) is 7.18. The highest BCUT2D eigenvalue weighted by atomic mass is 16.1. The van der Waals surface area contributed by atoms with Crippen LogP contribution in [0.3, 0.4) is 0 Å². The van der Waals surface area contributed by atoms with E-state index in [1.807, 2.05) is 0 Å². The van der Waals surface area contributed by atoms with E-state index in [2.05, 4.69) is 27.7 Å². The second-order valence-corrected chi connectivity index (χ2v) is 8.65. The Hall–Kier alpha value is -0.330. The lowest BCUT2D eigenvalue weighted by Crippen LogP contribution is -2.52. The molecule has 19 heavy (non-hydrogen) atoms. The van der Waals surface area contributed by atoms with E-state index in [9.17, 15) is 4.79 Å². The van der Waals surface area contributed by atoms with E-state index in [-0.39, 0.29) is 5.41 Å². The lowest BCUT2D eigenvalue weighted by molar-refractivity contribution is -0.142. The minimum atomic E-state index is -0.113. The van der Waals surface area contributed by atoms with E-state index < -0.39 is 0 Å². The van der Waals surface area contributed by atoms with E-state index in [0.29, 0.717) is 11.2 Å². The molecule has 4 rings (SSSR count). The van der Waals surface area contributed by atoms with Crippen LogP contribution >= 0.6 is 0 Å². The molecule has 0 radical (unpaired) electrons. The standard InChI is InChI=1S/C18H30O/c1-5-17(2,3)16(19)11-18(4)14-7-12-6-13(9-14)10-15(18)8-12/h12-15H,5-11H2,1-4H3. The van der Waals surface area contributed by atoms with Gasteiger partial charge in [-0.2, -0.15) is 0 Å². The van der Waals surface area contributed by atoms with Gasteiger partial charge in [-0.1, -0.05) is 27.7 Å². The number of ketones is 1. The highest BCUT2D eigenvalue weighted by molar-refractivity contribution is 5.84. The molecule has 4 fully saturated rings. The second kappa shape index (κ2) is 4.33. The summed E-state index contributed by atoms with van der Waals surface area (Å²) in [5.41, 5.74) is 0.217. The third kappa shape index (κ3) is 2.08. The van der Waals surface area contributed by atoms with Crippen molar-refractivity contribution in [3.8, 4) is 0 Å². The number of carbonyl (C=O) groups excluding carboxylic acids is 1. The summed E-state index contributed by atoms with van der Waals surface area (Å²) in [5, 5.41) is 0. The number of hydrogen-bond acceptors (Lipinski definition) is 1. The summed E-state index contributed by atoms with van der Waals surface area (Å²) in [7, 11) is 0. The Bertz CT molecular complexity index is 351. The molecule has 0 saturated heterocycles. The fraction of sp³-hybridized carbons (Fsp3) is 0.944. The summed E-state index contributed by atoms with van der Waals surface area (Å²) in [4.78, 5) is 12.7. The fourth-order valence-corrected chi connectivity index (χ4v) is 5.33. The van der Waals surface area contributed by atoms with E-state index in [4.69, 9.17) is 0 Å². The molecule has 0 spiro atoms. The lowest BCUT2D eigenvalue weighted by Gasteiger charge is -2.60. The van der Waals surface area contributed by atoms with Crippen LogP contribution in [0, 0.1) is 34.5 Å². The van der Waals surface area contributed by atoms with Crippen molar-refractivity contribution >= 4 is 5.78 Å². The summed E-state index contributed by atoms with van der Waals surface area (Å²) < 4.78 is 0. The van der Waals surface area contributed by atoms with Crippen molar-refractivity contribution in [1.82, 2.24) is 0 Å². The predicted octanol–water partition coefficient (Wildman–Crippen LogP) is 4.84. The molecule has 4 aliphatic rings. The fourth-order valence-electron chi connectivity index (χ4n) is 5.33. The monoisotopic (exact) mass is 262 g/mol. The number of carbonyl (C=O) groups is 1. The number of Topliss-reactive ketones (excluding diaryl/α,β-unsaturated/α-hetero) is 1. The molecule has 0 aromatic carbocycles. The largest absolute Gasteiger partial charge is 0.299 e. The summed E-state index contributed by atoms with van der Waals surface area (Å²) in [6, 6.07) is 0. The molecule has 0 unspecified atom stereocenters. The van der Waals surface area contributed by atoms with E-state index in [1.54, 1.807) is 0 Å². The maximum atomic E-state index is 12.7. The predicted molar refractivity (Wildman–Crippen MR) is 78.8 cm³/mol. The van der Waals surface area contributed by atoms with Gasteiger partial charge in [0.1, 0.15) is 5.78 Å². The van der Waals surface area contributed by atoms with Gasteiger partial charge in [0.2, 0.25) is 0 Å². The number of hydrogen-bond donors (Lipinski definition) is 0. The third-order valence-corrected chi connectivity index (χ3v) is 7.18. The Balaban J connectivity index is 1.78. The van der Waals surface area contributed by atoms with Gasteiger partial charge in [0.05, 0.1) is 0 Å². The van der Waals surface area contributed by atoms with Gasteiger partial charge in [-0.15, -0.1) is 0 Å². The zero-order valence-corrected chi connectivity index (χ0v) is 13.2. The molecule has 0 aromatic rings. The van der Waals surface area contributed by atoms with E-state index in [1.165, 1.54) is 32.1 Å². The van der Waals surface area contributed by atoms with Gasteiger partial charge >= 0.3 is 0 Å². The van der Waals surface area contributed by atoms with Crippen LogP contribution in [0.1, 0.15) is 72.6 Å². The van der Waals surface area contributed by atoms with Crippen molar-refractivity contribution in [3.63, 3.8) is 0 Å². The minimum Gasteiger partial charge on any atom is -0.299 e. The van der Waals surface area contributed by atoms with Gasteiger partial charge in [0, 0.05) is 11.8 Å². The SMILES string of the molecule is CCC(C)(C)C(=O)CC1(C)C2CC3CC(C2)CC1C3. The van der Waals surface area contributed by atoms with Gasteiger partial charge in [-0.25, -0.2) is 0 Å². The first-order valence-electron chi connectivity index (χ1n) is 8.38. The van der Waals surface area contributed by atoms with Crippen molar-refractivity contribution in [2.45, 2.75) is 72.6 Å². The van der Waals surface area contributed by atoms with E-state index in [0.717, 1.165) is 36.5 Å². The molecule has 4 saturated carbocycles. The molecule has 1 heteroatoms. The van der Waals surface area contributed by atoms with Gasteiger partial charge in [-0.05, 0) is 67.6 Å². The van der Waals surface area contributed by atoms with Crippen molar-refractivity contribution < 1.29 is 4.79 Å². The average Bonchev–Trinajstić information content (AvgIpc) is 2.35. The van der Waals surface area contributed by atoms with Crippen molar-refractivity contribution in [3.05, 3.63) is 0 Å². The average molecular weight is 262 g/mol. The van der Waals surface area contributed by atoms with Crippen LogP contribution in [0.5, 0.6) is 0 Å². The number of rotatable bonds is 4. The maximum absolute atomic E-state index is 12.7. The molecule has 0 aromatic heterocycles. The highest BCUT2D eigenvalue weighted by Crippen LogP contribution is 2.63. The van der Waals surface area contributed by atoms with Crippen LogP contribution in [0.2, 0.25) is 0 Å². The molecule has 0 amide bonds. The summed E-state index contributed by atoms with van der Waals surface area (Å²) in [6.07, 6.45) is 9.00. The maximum Gasteiger partial charge on any atom is 0.139 e. The van der Waals surface area contributed by atoms with Crippen LogP contribution in [0.4, 0.5) is 0 Å². The smallest absolute Gasteiger partial charge is 0.139 e. The molecule has 1 nitrogen and oxygen atoms in total. The second-order valence-electron chi connectivity index (χ2n) is 8.65. The van der Waals surface area contributed by atoms with Crippen LogP contribution in [0.15, 0.2) is 0 Å². The van der Waals surface area contributed by atoms with Gasteiger partial charge < -0.3 is 0 Å². The van der Waals surface area contributed by atoms with Crippen molar-refractivity contribution in [2.24, 2.45) is 34.5 Å². The normalized spacial score (nSPS) is 44.6. The molecular formula is C18H30O. The molecule has 0 N–H and O–H groups in total. The molecule has 0 aliphatic heterocycles. The first-order chi connectivity index (χ1) is 8.85. The lowest BCUT2D eigenvalue weighted by atomic mass is 9.44. The molecule has 108 valence electrons. The van der Waals surface area contributed by atoms with Crippen LogP contribution in [0.25, 0.3) is 0 Å². The van der Waals surface area contributed by atoms with Gasteiger partial charge in [0.15, 0.2) is 0 Å². The van der Waals surface area contributed by atoms with Gasteiger partial charge in [0.25, 0.3) is 0 Å². The summed E-state index contributed by atoms with van der Waals surface area (Å²) in [6.45, 7) is 8.87. The first kappa shape index (κ1) is 13.6. The molecule has 0 heterocycles. The molecule has 4 bridgehead atoms. The topological polar surface area (TPSA) is 17.1 Å². The minimum absolute atomic E-state index is 0.113. The summed E-state index contributed by atoms with van der Waals surface area (Å²) in [5.74, 6) is 4.22. The van der Waals surface area contributed by atoms with E-state index >= 15 is 0 Å². The summed E-state index contributed by atoms with van der Waals surface area (Å²) >= 11 is 0. The Morgan fingerprint density at radius 3 is 1.95 bits per heavy atom. The zero-order valence-electron chi connectivity index (χ0n) is 13.2. The van der Waals surface area contributed by atoms with Crippen LogP contribution < -0.4 is 0 Å². The molecular weight excluding hydrogens is 232 g/mol. The molecule has 0 atom stereocenters. The zero-order chi connectivity index (χ0) is 13.8. The Morgan fingerprint density at radius 2 is 1.53 bits per heavy atom. The Labute approximate surface area is 118 Å². The Morgan fingerprint density at radius 1 is 1.05 bits per heavy atom. The van der Waals surface area contributed by atoms with Crippen molar-refractivity contribution in [1.29, 1.82) is 0 Å². The Kier molecular flexibility index (Phi) is 3.11.